The van der Waals surface area contributed by atoms with E-state index in [1.54, 1.807) is 6.92 Å². The zero-order chi connectivity index (χ0) is 17.0. The Hall–Kier alpha value is -2.13. The van der Waals surface area contributed by atoms with Gasteiger partial charge in [-0.1, -0.05) is 60.2 Å². The lowest BCUT2D eigenvalue weighted by Crippen LogP contribution is -2.52. The number of hydrogen-bond acceptors (Lipinski definition) is 2. The van der Waals surface area contributed by atoms with Crippen molar-refractivity contribution in [3.8, 4) is 0 Å². The summed E-state index contributed by atoms with van der Waals surface area (Å²) in [7, 11) is 0. The minimum absolute atomic E-state index is 0.0482. The second-order valence-corrected chi connectivity index (χ2v) is 6.89. The standard InChI is InChI=1S/C21H26N2O/c1-17-8-10-20(11-9-17)21(22-18(2)24)12-14-23(15-13-21)16-19-6-4-3-5-7-19/h3-11H,12-16H2,1-2H3,(H,22,24). The van der Waals surface area contributed by atoms with Crippen molar-refractivity contribution in [3.05, 3.63) is 71.3 Å². The predicted molar refractivity (Wildman–Crippen MR) is 97.6 cm³/mol. The number of amides is 1. The molecule has 0 aromatic heterocycles. The first-order valence-corrected chi connectivity index (χ1v) is 8.70. The first-order valence-electron chi connectivity index (χ1n) is 8.70. The van der Waals surface area contributed by atoms with Crippen molar-refractivity contribution >= 4 is 5.91 Å². The molecule has 0 unspecified atom stereocenters. The molecule has 3 heteroatoms. The smallest absolute Gasteiger partial charge is 0.217 e. The molecule has 0 spiro atoms. The normalized spacial score (nSPS) is 17.4. The highest BCUT2D eigenvalue weighted by atomic mass is 16.1. The maximum absolute atomic E-state index is 11.8. The molecule has 0 radical (unpaired) electrons. The van der Waals surface area contributed by atoms with Crippen molar-refractivity contribution in [2.24, 2.45) is 0 Å². The summed E-state index contributed by atoms with van der Waals surface area (Å²) < 4.78 is 0. The third-order valence-electron chi connectivity index (χ3n) is 4.98. The quantitative estimate of drug-likeness (QED) is 0.932. The lowest BCUT2D eigenvalue weighted by atomic mass is 9.80. The van der Waals surface area contributed by atoms with Gasteiger partial charge < -0.3 is 5.32 Å². The molecule has 1 aliphatic rings. The molecule has 1 fully saturated rings. The second-order valence-electron chi connectivity index (χ2n) is 6.89. The first kappa shape index (κ1) is 16.7. The molecular weight excluding hydrogens is 296 g/mol. The first-order chi connectivity index (χ1) is 11.6. The Morgan fingerprint density at radius 2 is 1.67 bits per heavy atom. The van der Waals surface area contributed by atoms with Crippen LogP contribution in [0, 0.1) is 6.92 Å². The topological polar surface area (TPSA) is 32.3 Å². The van der Waals surface area contributed by atoms with Crippen LogP contribution in [0.1, 0.15) is 36.5 Å². The van der Waals surface area contributed by atoms with Crippen LogP contribution in [0.4, 0.5) is 0 Å². The highest BCUT2D eigenvalue weighted by molar-refractivity contribution is 5.74. The number of carbonyl (C=O) groups excluding carboxylic acids is 1. The molecule has 0 saturated carbocycles. The Bertz CT molecular complexity index is 671. The Kier molecular flexibility index (Phi) is 5.00. The Labute approximate surface area is 144 Å². The predicted octanol–water partition coefficient (Wildman–Crippen LogP) is 3.62. The van der Waals surface area contributed by atoms with Gasteiger partial charge in [0.1, 0.15) is 0 Å². The number of rotatable bonds is 4. The van der Waals surface area contributed by atoms with E-state index in [1.807, 2.05) is 0 Å². The fourth-order valence-corrected chi connectivity index (χ4v) is 3.63. The van der Waals surface area contributed by atoms with Gasteiger partial charge in [-0.3, -0.25) is 9.69 Å². The summed E-state index contributed by atoms with van der Waals surface area (Å²) in [5, 5.41) is 3.25. The number of benzene rings is 2. The summed E-state index contributed by atoms with van der Waals surface area (Å²) in [6.45, 7) is 6.67. The van der Waals surface area contributed by atoms with Crippen LogP contribution in [0.3, 0.4) is 0 Å². The Morgan fingerprint density at radius 1 is 1.04 bits per heavy atom. The minimum atomic E-state index is -0.229. The van der Waals surface area contributed by atoms with Crippen molar-refractivity contribution in [2.45, 2.75) is 38.8 Å². The molecular formula is C21H26N2O. The summed E-state index contributed by atoms with van der Waals surface area (Å²) >= 11 is 0. The molecule has 3 nitrogen and oxygen atoms in total. The average molecular weight is 322 g/mol. The highest BCUT2D eigenvalue weighted by Crippen LogP contribution is 2.33. The maximum Gasteiger partial charge on any atom is 0.217 e. The van der Waals surface area contributed by atoms with Gasteiger partial charge in [0.05, 0.1) is 5.54 Å². The average Bonchev–Trinajstić information content (AvgIpc) is 2.58. The van der Waals surface area contributed by atoms with Gasteiger partial charge in [-0.15, -0.1) is 0 Å². The summed E-state index contributed by atoms with van der Waals surface area (Å²) in [5.41, 5.74) is 3.59. The molecule has 24 heavy (non-hydrogen) atoms. The van der Waals surface area contributed by atoms with Crippen LogP contribution >= 0.6 is 0 Å². The van der Waals surface area contributed by atoms with E-state index in [0.717, 1.165) is 32.5 Å². The van der Waals surface area contributed by atoms with Gasteiger partial charge >= 0.3 is 0 Å². The Balaban J connectivity index is 1.73. The second kappa shape index (κ2) is 7.18. The Morgan fingerprint density at radius 3 is 2.25 bits per heavy atom. The van der Waals surface area contributed by atoms with E-state index in [9.17, 15) is 4.79 Å². The van der Waals surface area contributed by atoms with Gasteiger partial charge in [0, 0.05) is 26.6 Å². The number of piperidine rings is 1. The van der Waals surface area contributed by atoms with Crippen molar-refractivity contribution in [2.75, 3.05) is 13.1 Å². The van der Waals surface area contributed by atoms with Crippen molar-refractivity contribution in [3.63, 3.8) is 0 Å². The fraction of sp³-hybridized carbons (Fsp3) is 0.381. The SMILES string of the molecule is CC(=O)NC1(c2ccc(C)cc2)CCN(Cc2ccccc2)CC1. The third-order valence-corrected chi connectivity index (χ3v) is 4.98. The van der Waals surface area contributed by atoms with E-state index in [1.165, 1.54) is 16.7 Å². The van der Waals surface area contributed by atoms with Crippen LogP contribution in [0.5, 0.6) is 0 Å². The summed E-state index contributed by atoms with van der Waals surface area (Å²) in [6, 6.07) is 19.2. The van der Waals surface area contributed by atoms with E-state index in [-0.39, 0.29) is 11.4 Å². The van der Waals surface area contributed by atoms with E-state index in [0.29, 0.717) is 0 Å². The van der Waals surface area contributed by atoms with Crippen LogP contribution < -0.4 is 5.32 Å². The van der Waals surface area contributed by atoms with Gasteiger partial charge in [-0.05, 0) is 30.9 Å². The van der Waals surface area contributed by atoms with Gasteiger partial charge in [0.2, 0.25) is 5.91 Å². The van der Waals surface area contributed by atoms with E-state index < -0.39 is 0 Å². The molecule has 1 heterocycles. The zero-order valence-corrected chi connectivity index (χ0v) is 14.6. The van der Waals surface area contributed by atoms with Gasteiger partial charge in [-0.25, -0.2) is 0 Å². The molecule has 0 atom stereocenters. The van der Waals surface area contributed by atoms with Crippen molar-refractivity contribution in [1.82, 2.24) is 10.2 Å². The van der Waals surface area contributed by atoms with Crippen molar-refractivity contribution < 1.29 is 4.79 Å². The van der Waals surface area contributed by atoms with Gasteiger partial charge in [0.25, 0.3) is 0 Å². The minimum Gasteiger partial charge on any atom is -0.347 e. The highest BCUT2D eigenvalue weighted by Gasteiger charge is 2.36. The molecule has 0 aliphatic carbocycles. The monoisotopic (exact) mass is 322 g/mol. The summed E-state index contributed by atoms with van der Waals surface area (Å²) in [5.74, 6) is 0.0482. The molecule has 1 saturated heterocycles. The van der Waals surface area contributed by atoms with E-state index in [2.05, 4.69) is 71.7 Å². The van der Waals surface area contributed by atoms with Crippen LogP contribution in [0.25, 0.3) is 0 Å². The zero-order valence-electron chi connectivity index (χ0n) is 14.6. The van der Waals surface area contributed by atoms with E-state index >= 15 is 0 Å². The fourth-order valence-electron chi connectivity index (χ4n) is 3.63. The van der Waals surface area contributed by atoms with Crippen LogP contribution in [0.15, 0.2) is 54.6 Å². The summed E-state index contributed by atoms with van der Waals surface area (Å²) in [4.78, 5) is 14.3. The molecule has 2 aromatic carbocycles. The number of likely N-dealkylation sites (tertiary alicyclic amines) is 1. The van der Waals surface area contributed by atoms with Crippen molar-refractivity contribution in [1.29, 1.82) is 0 Å². The largest absolute Gasteiger partial charge is 0.347 e. The molecule has 0 bridgehead atoms. The van der Waals surface area contributed by atoms with Gasteiger partial charge in [0.15, 0.2) is 0 Å². The number of carbonyl (C=O) groups is 1. The number of hydrogen-bond donors (Lipinski definition) is 1. The lowest BCUT2D eigenvalue weighted by molar-refractivity contribution is -0.121. The van der Waals surface area contributed by atoms with Gasteiger partial charge in [-0.2, -0.15) is 0 Å². The number of nitrogens with zero attached hydrogens (tertiary/aromatic N) is 1. The summed E-state index contributed by atoms with van der Waals surface area (Å²) in [6.07, 6.45) is 1.89. The number of nitrogens with one attached hydrogen (secondary N) is 1. The van der Waals surface area contributed by atoms with Crippen LogP contribution in [-0.4, -0.2) is 23.9 Å². The van der Waals surface area contributed by atoms with Crippen LogP contribution in [-0.2, 0) is 16.9 Å². The number of aryl methyl sites for hydroxylation is 1. The molecule has 126 valence electrons. The molecule has 2 aromatic rings. The molecule has 1 N–H and O–H groups in total. The molecule has 3 rings (SSSR count). The van der Waals surface area contributed by atoms with E-state index in [4.69, 9.17) is 0 Å². The lowest BCUT2D eigenvalue weighted by Gasteiger charge is -2.42. The molecule has 1 amide bonds. The van der Waals surface area contributed by atoms with Crippen LogP contribution in [0.2, 0.25) is 0 Å². The maximum atomic E-state index is 11.8. The third kappa shape index (κ3) is 3.85. The molecule has 1 aliphatic heterocycles.